The van der Waals surface area contributed by atoms with Crippen molar-refractivity contribution in [3.63, 3.8) is 0 Å². The Morgan fingerprint density at radius 3 is 2.76 bits per heavy atom. The number of hydrogen-bond acceptors (Lipinski definition) is 7. The van der Waals surface area contributed by atoms with Gasteiger partial charge in [0.25, 0.3) is 0 Å². The van der Waals surface area contributed by atoms with Crippen molar-refractivity contribution in [2.75, 3.05) is 11.9 Å². The molecule has 1 saturated carbocycles. The third-order valence-electron chi connectivity index (χ3n) is 7.13. The van der Waals surface area contributed by atoms with Crippen LogP contribution < -0.4 is 5.32 Å². The number of hydrogen-bond donors (Lipinski definition) is 1. The topological polar surface area (TPSA) is 97.8 Å². The minimum Gasteiger partial charge on any atom is -0.458 e. The van der Waals surface area contributed by atoms with Crippen LogP contribution in [0.5, 0.6) is 0 Å². The van der Waals surface area contributed by atoms with Gasteiger partial charge in [-0.25, -0.2) is 9.78 Å². The molecule has 34 heavy (non-hydrogen) atoms. The van der Waals surface area contributed by atoms with Gasteiger partial charge in [0.15, 0.2) is 5.13 Å². The number of anilines is 1. The standard InChI is InChI=1S/C25H29N3O5S/c29-21-14-18(25(33-21)11-5-2-6-12-25)19-16-34-23(26-19)27-22(30)20-10-7-13-28(20)24(31)32-15-17-8-3-1-4-9-17/h1,3-4,8-9,16,18,20H,2,5-7,10-15H2,(H,26,27,30). The van der Waals surface area contributed by atoms with Gasteiger partial charge in [-0.2, -0.15) is 0 Å². The molecule has 3 fully saturated rings. The Labute approximate surface area is 202 Å². The second-order valence-corrected chi connectivity index (χ2v) is 10.2. The fourth-order valence-corrected chi connectivity index (χ4v) is 6.19. The first-order chi connectivity index (χ1) is 16.5. The molecule has 9 heteroatoms. The third kappa shape index (κ3) is 4.66. The van der Waals surface area contributed by atoms with Gasteiger partial charge in [0.1, 0.15) is 18.2 Å². The molecule has 2 atom stereocenters. The van der Waals surface area contributed by atoms with Crippen LogP contribution in [0.2, 0.25) is 0 Å². The fourth-order valence-electron chi connectivity index (χ4n) is 5.42. The van der Waals surface area contributed by atoms with E-state index >= 15 is 0 Å². The summed E-state index contributed by atoms with van der Waals surface area (Å²) in [7, 11) is 0. The van der Waals surface area contributed by atoms with E-state index in [1.807, 2.05) is 35.7 Å². The van der Waals surface area contributed by atoms with E-state index < -0.39 is 17.7 Å². The highest BCUT2D eigenvalue weighted by Gasteiger charge is 2.51. The Morgan fingerprint density at radius 1 is 1.18 bits per heavy atom. The number of benzene rings is 1. The van der Waals surface area contributed by atoms with Crippen molar-refractivity contribution in [3.05, 3.63) is 47.0 Å². The molecule has 3 aliphatic rings. The Balaban J connectivity index is 1.21. The number of rotatable bonds is 5. The van der Waals surface area contributed by atoms with Crippen LogP contribution in [-0.2, 0) is 25.7 Å². The summed E-state index contributed by atoms with van der Waals surface area (Å²) in [6.45, 7) is 0.656. The quantitative estimate of drug-likeness (QED) is 0.624. The first kappa shape index (κ1) is 22.8. The SMILES string of the molecule is O=C1CC(c2csc(NC(=O)C3CCCN3C(=O)OCc3ccccc3)n2)C2(CCCCC2)O1. The summed E-state index contributed by atoms with van der Waals surface area (Å²) in [5.41, 5.74) is 1.25. The normalized spacial score (nSPS) is 23.6. The van der Waals surface area contributed by atoms with E-state index in [0.29, 0.717) is 24.5 Å². The van der Waals surface area contributed by atoms with Crippen LogP contribution in [0.1, 0.15) is 68.5 Å². The van der Waals surface area contributed by atoms with Gasteiger partial charge in [0.2, 0.25) is 5.91 Å². The number of carbonyl (C=O) groups excluding carboxylic acids is 3. The van der Waals surface area contributed by atoms with Crippen molar-refractivity contribution in [3.8, 4) is 0 Å². The molecule has 2 aromatic rings. The lowest BCUT2D eigenvalue weighted by molar-refractivity contribution is -0.151. The van der Waals surface area contributed by atoms with Crippen LogP contribution in [0, 0.1) is 0 Å². The number of aromatic nitrogens is 1. The molecule has 1 N–H and O–H groups in total. The smallest absolute Gasteiger partial charge is 0.410 e. The molecule has 1 spiro atoms. The van der Waals surface area contributed by atoms with Gasteiger partial charge >= 0.3 is 12.1 Å². The summed E-state index contributed by atoms with van der Waals surface area (Å²) in [6.07, 6.45) is 6.17. The molecule has 2 saturated heterocycles. The second-order valence-electron chi connectivity index (χ2n) is 9.31. The Hall–Kier alpha value is -2.94. The number of amides is 2. The molecular weight excluding hydrogens is 454 g/mol. The van der Waals surface area contributed by atoms with Gasteiger partial charge in [-0.05, 0) is 44.1 Å². The van der Waals surface area contributed by atoms with Crippen LogP contribution in [-0.4, -0.2) is 46.0 Å². The van der Waals surface area contributed by atoms with E-state index in [9.17, 15) is 14.4 Å². The Kier molecular flexibility index (Phi) is 6.54. The zero-order valence-electron chi connectivity index (χ0n) is 19.0. The summed E-state index contributed by atoms with van der Waals surface area (Å²) in [5, 5.41) is 5.28. The molecule has 1 aromatic heterocycles. The molecule has 0 radical (unpaired) electrons. The van der Waals surface area contributed by atoms with Crippen molar-refractivity contribution < 1.29 is 23.9 Å². The molecule has 3 heterocycles. The second kappa shape index (κ2) is 9.74. The molecule has 2 unspecified atom stereocenters. The molecule has 1 aromatic carbocycles. The number of nitrogens with zero attached hydrogens (tertiary/aromatic N) is 2. The van der Waals surface area contributed by atoms with E-state index in [1.165, 1.54) is 16.2 Å². The van der Waals surface area contributed by atoms with Crippen LogP contribution in [0.15, 0.2) is 35.7 Å². The molecule has 0 bridgehead atoms. The first-order valence-electron chi connectivity index (χ1n) is 12.0. The maximum atomic E-state index is 13.0. The lowest BCUT2D eigenvalue weighted by Crippen LogP contribution is -2.43. The van der Waals surface area contributed by atoms with Crippen LogP contribution in [0.25, 0.3) is 0 Å². The average Bonchev–Trinajstić information content (AvgIpc) is 3.58. The molecular formula is C25H29N3O5S. The van der Waals surface area contributed by atoms with Crippen molar-refractivity contribution >= 4 is 34.4 Å². The fraction of sp³-hybridized carbons (Fsp3) is 0.520. The molecule has 8 nitrogen and oxygen atoms in total. The van der Waals surface area contributed by atoms with Crippen molar-refractivity contribution in [2.24, 2.45) is 0 Å². The van der Waals surface area contributed by atoms with E-state index in [2.05, 4.69) is 10.3 Å². The number of ether oxygens (including phenoxy) is 2. The molecule has 180 valence electrons. The lowest BCUT2D eigenvalue weighted by atomic mass is 9.75. The predicted molar refractivity (Wildman–Crippen MR) is 126 cm³/mol. The maximum absolute atomic E-state index is 13.0. The molecule has 1 aliphatic carbocycles. The largest absolute Gasteiger partial charge is 0.458 e. The van der Waals surface area contributed by atoms with Gasteiger partial charge in [0.05, 0.1) is 18.0 Å². The summed E-state index contributed by atoms with van der Waals surface area (Å²) in [5.74, 6) is -0.500. The van der Waals surface area contributed by atoms with Crippen molar-refractivity contribution in [1.29, 1.82) is 0 Å². The monoisotopic (exact) mass is 483 g/mol. The summed E-state index contributed by atoms with van der Waals surface area (Å²) < 4.78 is 11.2. The highest BCUT2D eigenvalue weighted by molar-refractivity contribution is 7.14. The lowest BCUT2D eigenvalue weighted by Gasteiger charge is -2.36. The van der Waals surface area contributed by atoms with Gasteiger partial charge in [-0.3, -0.25) is 14.5 Å². The number of carbonyl (C=O) groups is 3. The first-order valence-corrected chi connectivity index (χ1v) is 12.9. The van der Waals surface area contributed by atoms with Gasteiger partial charge in [-0.1, -0.05) is 36.8 Å². The highest BCUT2D eigenvalue weighted by Crippen LogP contribution is 2.49. The number of thiazole rings is 1. The van der Waals surface area contributed by atoms with E-state index in [0.717, 1.165) is 49.8 Å². The van der Waals surface area contributed by atoms with Crippen LogP contribution in [0.4, 0.5) is 9.93 Å². The number of likely N-dealkylation sites (tertiary alicyclic amines) is 1. The summed E-state index contributed by atoms with van der Waals surface area (Å²) >= 11 is 1.34. The zero-order valence-corrected chi connectivity index (χ0v) is 19.9. The van der Waals surface area contributed by atoms with E-state index in [1.54, 1.807) is 0 Å². The van der Waals surface area contributed by atoms with Gasteiger partial charge < -0.3 is 14.8 Å². The van der Waals surface area contributed by atoms with E-state index in [4.69, 9.17) is 9.47 Å². The minimum absolute atomic E-state index is 0.0712. The van der Waals surface area contributed by atoms with Gasteiger partial charge in [0, 0.05) is 11.9 Å². The minimum atomic E-state index is -0.586. The third-order valence-corrected chi connectivity index (χ3v) is 7.90. The zero-order chi connectivity index (χ0) is 23.5. The summed E-state index contributed by atoms with van der Waals surface area (Å²) in [4.78, 5) is 43.9. The number of nitrogens with one attached hydrogen (secondary N) is 1. The highest BCUT2D eigenvalue weighted by atomic mass is 32.1. The van der Waals surface area contributed by atoms with Crippen LogP contribution >= 0.6 is 11.3 Å². The van der Waals surface area contributed by atoms with E-state index in [-0.39, 0.29) is 24.4 Å². The average molecular weight is 484 g/mol. The van der Waals surface area contributed by atoms with Crippen molar-refractivity contribution in [1.82, 2.24) is 9.88 Å². The molecule has 5 rings (SSSR count). The Bertz CT molecular complexity index is 1050. The Morgan fingerprint density at radius 2 is 1.97 bits per heavy atom. The molecule has 2 amide bonds. The predicted octanol–water partition coefficient (Wildman–Crippen LogP) is 4.62. The van der Waals surface area contributed by atoms with Gasteiger partial charge in [-0.15, -0.1) is 11.3 Å². The summed E-state index contributed by atoms with van der Waals surface area (Å²) in [6, 6.07) is 8.88. The molecule has 2 aliphatic heterocycles. The number of esters is 1. The maximum Gasteiger partial charge on any atom is 0.410 e. The van der Waals surface area contributed by atoms with Crippen molar-refractivity contribution in [2.45, 2.75) is 75.5 Å². The van der Waals surface area contributed by atoms with Crippen LogP contribution in [0.3, 0.4) is 0 Å².